The molecule has 8 heteroatoms. The summed E-state index contributed by atoms with van der Waals surface area (Å²) in [5.41, 5.74) is 2.80. The predicted molar refractivity (Wildman–Crippen MR) is 124 cm³/mol. The minimum atomic E-state index is -3.63. The van der Waals surface area contributed by atoms with Gasteiger partial charge in [0.15, 0.2) is 5.65 Å². The normalized spacial score (nSPS) is 11.7. The third-order valence-electron chi connectivity index (χ3n) is 5.14. The van der Waals surface area contributed by atoms with Gasteiger partial charge in [-0.25, -0.2) is 23.1 Å². The van der Waals surface area contributed by atoms with Gasteiger partial charge in [-0.1, -0.05) is 30.3 Å². The molecule has 0 fully saturated rings. The average Bonchev–Trinajstić information content (AvgIpc) is 3.16. The summed E-state index contributed by atoms with van der Waals surface area (Å²) >= 11 is 0. The molecule has 0 saturated heterocycles. The van der Waals surface area contributed by atoms with Gasteiger partial charge in [0.05, 0.1) is 11.5 Å². The van der Waals surface area contributed by atoms with Crippen molar-refractivity contribution in [3.05, 3.63) is 84.3 Å². The van der Waals surface area contributed by atoms with Gasteiger partial charge >= 0.3 is 0 Å². The second-order valence-electron chi connectivity index (χ2n) is 7.31. The molecule has 7 nitrogen and oxygen atoms in total. The van der Waals surface area contributed by atoms with Crippen LogP contribution in [0.5, 0.6) is 5.75 Å². The van der Waals surface area contributed by atoms with Gasteiger partial charge in [-0.15, -0.1) is 0 Å². The van der Waals surface area contributed by atoms with E-state index >= 15 is 0 Å². The van der Waals surface area contributed by atoms with Crippen molar-refractivity contribution < 1.29 is 13.2 Å². The number of aromatic nitrogens is 3. The monoisotopic (exact) mass is 450 g/mol. The summed E-state index contributed by atoms with van der Waals surface area (Å²) in [6, 6.07) is 20.4. The highest BCUT2D eigenvalue weighted by atomic mass is 32.2. The summed E-state index contributed by atoms with van der Waals surface area (Å²) in [6.07, 6.45) is 3.32. The largest absolute Gasteiger partial charge is 0.494 e. The zero-order valence-electron chi connectivity index (χ0n) is 17.9. The summed E-state index contributed by atoms with van der Waals surface area (Å²) in [5.74, 6) is 1.54. The Labute approximate surface area is 188 Å². The minimum Gasteiger partial charge on any atom is -0.494 e. The fraction of sp³-hybridized carbons (Fsp3) is 0.250. The van der Waals surface area contributed by atoms with Crippen LogP contribution in [-0.4, -0.2) is 36.1 Å². The molecule has 0 amide bonds. The highest BCUT2D eigenvalue weighted by molar-refractivity contribution is 7.89. The third kappa shape index (κ3) is 5.15. The molecule has 0 radical (unpaired) electrons. The van der Waals surface area contributed by atoms with Crippen LogP contribution in [0.15, 0.2) is 77.8 Å². The van der Waals surface area contributed by atoms with Crippen LogP contribution in [-0.2, 0) is 29.4 Å². The van der Waals surface area contributed by atoms with E-state index in [9.17, 15) is 8.42 Å². The quantitative estimate of drug-likeness (QED) is 0.399. The fourth-order valence-electron chi connectivity index (χ4n) is 3.59. The Hall–Kier alpha value is -3.23. The maximum atomic E-state index is 12.7. The highest BCUT2D eigenvalue weighted by Crippen LogP contribution is 2.17. The van der Waals surface area contributed by atoms with Crippen molar-refractivity contribution in [2.45, 2.75) is 31.2 Å². The fourth-order valence-corrected chi connectivity index (χ4v) is 4.61. The van der Waals surface area contributed by atoms with Crippen LogP contribution >= 0.6 is 0 Å². The highest BCUT2D eigenvalue weighted by Gasteiger charge is 2.16. The first kappa shape index (κ1) is 22.0. The summed E-state index contributed by atoms with van der Waals surface area (Å²) in [4.78, 5) is 9.41. The van der Waals surface area contributed by atoms with E-state index in [1.54, 1.807) is 30.5 Å². The first-order chi connectivity index (χ1) is 15.6. The lowest BCUT2D eigenvalue weighted by Crippen LogP contribution is -2.28. The molecule has 166 valence electrons. The molecule has 2 aromatic heterocycles. The zero-order chi connectivity index (χ0) is 22.4. The van der Waals surface area contributed by atoms with Crippen molar-refractivity contribution in [2.24, 2.45) is 0 Å². The molecule has 32 heavy (non-hydrogen) atoms. The number of pyridine rings is 1. The van der Waals surface area contributed by atoms with Crippen molar-refractivity contribution >= 4 is 21.2 Å². The Morgan fingerprint density at radius 2 is 1.75 bits per heavy atom. The van der Waals surface area contributed by atoms with Gasteiger partial charge in [0.2, 0.25) is 10.0 Å². The van der Waals surface area contributed by atoms with Crippen LogP contribution in [0.3, 0.4) is 0 Å². The lowest BCUT2D eigenvalue weighted by atomic mass is 10.1. The number of fused-ring (bicyclic) bond motifs is 1. The molecule has 4 rings (SSSR count). The molecule has 0 aliphatic rings. The average molecular weight is 451 g/mol. The van der Waals surface area contributed by atoms with E-state index in [4.69, 9.17) is 9.72 Å². The van der Waals surface area contributed by atoms with Crippen molar-refractivity contribution in [1.82, 2.24) is 19.3 Å². The summed E-state index contributed by atoms with van der Waals surface area (Å²) < 4.78 is 35.5. The van der Waals surface area contributed by atoms with Gasteiger partial charge in [-0.3, -0.25) is 0 Å². The molecule has 0 bridgehead atoms. The van der Waals surface area contributed by atoms with Crippen LogP contribution in [0, 0.1) is 0 Å². The van der Waals surface area contributed by atoms with Gasteiger partial charge in [0.1, 0.15) is 17.1 Å². The number of hydrogen-bond donors (Lipinski definition) is 1. The summed E-state index contributed by atoms with van der Waals surface area (Å²) in [5, 5.41) is 0. The lowest BCUT2D eigenvalue weighted by Gasteiger charge is -2.11. The van der Waals surface area contributed by atoms with Crippen molar-refractivity contribution in [3.63, 3.8) is 0 Å². The lowest BCUT2D eigenvalue weighted by molar-refractivity contribution is 0.340. The van der Waals surface area contributed by atoms with Crippen molar-refractivity contribution in [3.8, 4) is 5.75 Å². The molecular formula is C24H26N4O3S. The number of imidazole rings is 1. The van der Waals surface area contributed by atoms with Crippen LogP contribution < -0.4 is 9.46 Å². The molecule has 0 atom stereocenters. The zero-order valence-corrected chi connectivity index (χ0v) is 18.8. The van der Waals surface area contributed by atoms with E-state index in [1.165, 1.54) is 5.56 Å². The van der Waals surface area contributed by atoms with E-state index in [-0.39, 0.29) is 11.4 Å². The van der Waals surface area contributed by atoms with Crippen LogP contribution in [0.4, 0.5) is 0 Å². The molecule has 4 aromatic rings. The van der Waals surface area contributed by atoms with Gasteiger partial charge in [-0.2, -0.15) is 0 Å². The van der Waals surface area contributed by atoms with Crippen molar-refractivity contribution in [1.29, 1.82) is 0 Å². The first-order valence-corrected chi connectivity index (χ1v) is 12.1. The van der Waals surface area contributed by atoms with E-state index < -0.39 is 10.0 Å². The summed E-state index contributed by atoms with van der Waals surface area (Å²) in [6.45, 7) is 3.09. The number of ether oxygens (including phenoxy) is 1. The number of nitrogens with zero attached hydrogens (tertiary/aromatic N) is 3. The second-order valence-corrected chi connectivity index (χ2v) is 9.08. The van der Waals surface area contributed by atoms with Gasteiger partial charge in [0.25, 0.3) is 0 Å². The maximum Gasteiger partial charge on any atom is 0.240 e. The number of aryl methyl sites for hydroxylation is 2. The molecule has 2 heterocycles. The third-order valence-corrected chi connectivity index (χ3v) is 6.61. The smallest absolute Gasteiger partial charge is 0.240 e. The van der Waals surface area contributed by atoms with Crippen LogP contribution in [0.2, 0.25) is 0 Å². The minimum absolute atomic E-state index is 0.207. The molecule has 0 aliphatic heterocycles. The SMILES string of the molecule is CCOc1ccc(S(=O)(=O)NCCn2c(CCc3ccccc3)nc3cccnc32)cc1. The van der Waals surface area contributed by atoms with Gasteiger partial charge in [-0.05, 0) is 55.3 Å². The van der Waals surface area contributed by atoms with E-state index in [0.29, 0.717) is 18.9 Å². The number of hydrogen-bond acceptors (Lipinski definition) is 5. The molecule has 0 saturated carbocycles. The molecule has 0 unspecified atom stereocenters. The molecule has 0 spiro atoms. The molecule has 2 aromatic carbocycles. The number of sulfonamides is 1. The number of rotatable bonds is 10. The Balaban J connectivity index is 1.47. The number of nitrogens with one attached hydrogen (secondary N) is 1. The Kier molecular flexibility index (Phi) is 6.82. The van der Waals surface area contributed by atoms with E-state index in [0.717, 1.165) is 29.8 Å². The summed E-state index contributed by atoms with van der Waals surface area (Å²) in [7, 11) is -3.63. The van der Waals surface area contributed by atoms with E-state index in [1.807, 2.05) is 41.8 Å². The van der Waals surface area contributed by atoms with Crippen LogP contribution in [0.25, 0.3) is 11.2 Å². The Bertz CT molecular complexity index is 1270. The molecule has 1 N–H and O–H groups in total. The van der Waals surface area contributed by atoms with Crippen molar-refractivity contribution in [2.75, 3.05) is 13.2 Å². The predicted octanol–water partition coefficient (Wildman–Crippen LogP) is 3.59. The standard InChI is InChI=1S/C24H26N4O3S/c1-2-31-20-11-13-21(14-12-20)32(29,30)26-17-18-28-23(15-10-19-7-4-3-5-8-19)27-22-9-6-16-25-24(22)28/h3-9,11-14,16,26H,2,10,15,17-18H2,1H3. The van der Waals surface area contributed by atoms with Gasteiger partial charge < -0.3 is 9.30 Å². The topological polar surface area (TPSA) is 86.1 Å². The second kappa shape index (κ2) is 9.93. The van der Waals surface area contributed by atoms with E-state index in [2.05, 4.69) is 21.8 Å². The molecular weight excluding hydrogens is 424 g/mol. The number of benzene rings is 2. The Morgan fingerprint density at radius 1 is 0.969 bits per heavy atom. The van der Waals surface area contributed by atoms with Gasteiger partial charge in [0, 0.05) is 25.7 Å². The molecule has 0 aliphatic carbocycles. The maximum absolute atomic E-state index is 12.7. The first-order valence-electron chi connectivity index (χ1n) is 10.6. The Morgan fingerprint density at radius 3 is 2.50 bits per heavy atom. The van der Waals surface area contributed by atoms with Crippen LogP contribution in [0.1, 0.15) is 18.3 Å².